The van der Waals surface area contributed by atoms with Gasteiger partial charge in [-0.1, -0.05) is 46.8 Å². The van der Waals surface area contributed by atoms with E-state index in [1.807, 2.05) is 0 Å². The Bertz CT molecular complexity index is 1090. The van der Waals surface area contributed by atoms with Gasteiger partial charge in [-0.25, -0.2) is 0 Å². The van der Waals surface area contributed by atoms with Crippen LogP contribution < -0.4 is 0 Å². The fraction of sp³-hybridized carbons (Fsp3) is 0.889. The highest BCUT2D eigenvalue weighted by Crippen LogP contribution is 2.77. The van der Waals surface area contributed by atoms with Gasteiger partial charge in [-0.3, -0.25) is 9.59 Å². The summed E-state index contributed by atoms with van der Waals surface area (Å²) in [6.45, 7) is 22.6. The number of rotatable bonds is 6. The molecule has 0 heterocycles. The number of carbonyl (C=O) groups is 2. The average molecular weight is 571 g/mol. The van der Waals surface area contributed by atoms with Gasteiger partial charge in [-0.2, -0.15) is 0 Å². The number of allylic oxidation sites excluding steroid dienone is 1. The molecule has 0 saturated heterocycles. The molecule has 0 spiro atoms. The van der Waals surface area contributed by atoms with Crippen molar-refractivity contribution >= 4 is 11.9 Å². The van der Waals surface area contributed by atoms with Gasteiger partial charge < -0.3 is 14.9 Å². The van der Waals surface area contributed by atoms with Gasteiger partial charge in [0, 0.05) is 12.0 Å². The second kappa shape index (κ2) is 9.83. The van der Waals surface area contributed by atoms with Crippen molar-refractivity contribution < 1.29 is 24.5 Å². The Morgan fingerprint density at radius 1 is 0.878 bits per heavy atom. The minimum absolute atomic E-state index is 0.0806. The lowest BCUT2D eigenvalue weighted by Gasteiger charge is -2.73. The minimum Gasteiger partial charge on any atom is -0.481 e. The number of aliphatic carboxylic acids is 1. The highest BCUT2D eigenvalue weighted by Gasteiger charge is 2.71. The summed E-state index contributed by atoms with van der Waals surface area (Å²) in [6, 6.07) is 0. The molecule has 0 aromatic rings. The maximum Gasteiger partial charge on any atom is 0.309 e. The molecule has 0 radical (unpaired) electrons. The van der Waals surface area contributed by atoms with Crippen molar-refractivity contribution in [1.29, 1.82) is 0 Å². The number of fused-ring (bicyclic) bond motifs is 7. The van der Waals surface area contributed by atoms with Crippen molar-refractivity contribution in [2.45, 2.75) is 132 Å². The van der Waals surface area contributed by atoms with Gasteiger partial charge in [0.05, 0.1) is 11.8 Å². The molecule has 5 rings (SSSR count). The first-order chi connectivity index (χ1) is 18.9. The molecule has 0 amide bonds. The largest absolute Gasteiger partial charge is 0.481 e. The van der Waals surface area contributed by atoms with E-state index < -0.39 is 11.4 Å². The third kappa shape index (κ3) is 4.32. The number of hydrogen-bond donors (Lipinski definition) is 2. The smallest absolute Gasteiger partial charge is 0.309 e. The topological polar surface area (TPSA) is 83.8 Å². The van der Waals surface area contributed by atoms with Crippen molar-refractivity contribution in [2.24, 2.45) is 62.1 Å². The molecule has 2 N–H and O–H groups in total. The first-order valence-corrected chi connectivity index (χ1v) is 16.6. The second-order valence-corrected chi connectivity index (χ2v) is 17.4. The van der Waals surface area contributed by atoms with E-state index >= 15 is 0 Å². The van der Waals surface area contributed by atoms with Crippen LogP contribution in [0.1, 0.15) is 126 Å². The van der Waals surface area contributed by atoms with Crippen LogP contribution in [0.4, 0.5) is 0 Å². The standard InChI is InChI=1S/C36H58O5/c1-22(2)23-12-17-36(21-37)19-18-34(8)24(29(23)36)10-11-26-33(7)15-14-27(41-28(38)20-31(3,4)30(39)40)32(5,6)25(33)13-16-35(26,34)9/h23-27,29,37H,1,10-21H2,2-9H3,(H,39,40)/t23?,24?,25?,26?,27-,29?,33-,34+,35+,36+/m0/s1. The lowest BCUT2D eigenvalue weighted by Crippen LogP contribution is -2.67. The molecule has 232 valence electrons. The van der Waals surface area contributed by atoms with Crippen LogP contribution in [0.3, 0.4) is 0 Å². The summed E-state index contributed by atoms with van der Waals surface area (Å²) in [5.41, 5.74) is 0.793. The molecule has 5 aliphatic rings. The molecule has 5 heteroatoms. The van der Waals surface area contributed by atoms with E-state index in [2.05, 4.69) is 48.1 Å². The van der Waals surface area contributed by atoms with Crippen LogP contribution in [0.2, 0.25) is 0 Å². The summed E-state index contributed by atoms with van der Waals surface area (Å²) in [7, 11) is 0. The van der Waals surface area contributed by atoms with Crippen molar-refractivity contribution in [3.63, 3.8) is 0 Å². The summed E-state index contributed by atoms with van der Waals surface area (Å²) in [5, 5.41) is 20.3. The minimum atomic E-state index is -1.12. The number of ether oxygens (including phenoxy) is 1. The van der Waals surface area contributed by atoms with Gasteiger partial charge in [-0.05, 0) is 136 Å². The van der Waals surface area contributed by atoms with Gasteiger partial charge in [0.25, 0.3) is 0 Å². The number of carboxylic acids is 1. The Kier molecular flexibility index (Phi) is 7.45. The fourth-order valence-electron chi connectivity index (χ4n) is 12.4. The van der Waals surface area contributed by atoms with Gasteiger partial charge >= 0.3 is 11.9 Å². The molecule has 0 bridgehead atoms. The molecule has 5 fully saturated rings. The molecule has 0 aromatic heterocycles. The molecular weight excluding hydrogens is 512 g/mol. The number of aliphatic hydroxyl groups is 1. The Morgan fingerprint density at radius 3 is 2.17 bits per heavy atom. The first kappa shape index (κ1) is 31.1. The number of aliphatic hydroxyl groups excluding tert-OH is 1. The maximum absolute atomic E-state index is 12.9. The van der Waals surface area contributed by atoms with Crippen molar-refractivity contribution in [3.8, 4) is 0 Å². The van der Waals surface area contributed by atoms with Gasteiger partial charge in [-0.15, -0.1) is 0 Å². The third-order valence-corrected chi connectivity index (χ3v) is 14.9. The number of hydrogen-bond acceptors (Lipinski definition) is 4. The molecule has 10 atom stereocenters. The second-order valence-electron chi connectivity index (χ2n) is 17.4. The highest BCUT2D eigenvalue weighted by molar-refractivity contribution is 5.81. The summed E-state index contributed by atoms with van der Waals surface area (Å²) >= 11 is 0. The normalized spacial score (nSPS) is 46.9. The molecule has 5 unspecified atom stereocenters. The van der Waals surface area contributed by atoms with E-state index in [0.717, 1.165) is 32.1 Å². The number of esters is 1. The highest BCUT2D eigenvalue weighted by atomic mass is 16.5. The van der Waals surface area contributed by atoms with Crippen LogP contribution in [0.25, 0.3) is 0 Å². The lowest BCUT2D eigenvalue weighted by atomic mass is 9.32. The number of carboxylic acid groups (broad SMARTS) is 1. The van der Waals surface area contributed by atoms with Crippen molar-refractivity contribution in [2.75, 3.05) is 6.61 Å². The summed E-state index contributed by atoms with van der Waals surface area (Å²) in [6.07, 6.45) is 11.2. The quantitative estimate of drug-likeness (QED) is 0.249. The Balaban J connectivity index is 1.41. The molecule has 5 nitrogen and oxygen atoms in total. The van der Waals surface area contributed by atoms with E-state index in [4.69, 9.17) is 4.74 Å². The van der Waals surface area contributed by atoms with Crippen LogP contribution in [0, 0.1) is 62.1 Å². The monoisotopic (exact) mass is 570 g/mol. The molecule has 5 aliphatic carbocycles. The Hall–Kier alpha value is -1.36. The predicted molar refractivity (Wildman–Crippen MR) is 162 cm³/mol. The first-order valence-electron chi connectivity index (χ1n) is 16.6. The lowest BCUT2D eigenvalue weighted by molar-refractivity contribution is -0.251. The third-order valence-electron chi connectivity index (χ3n) is 14.9. The zero-order valence-corrected chi connectivity index (χ0v) is 27.3. The number of carbonyl (C=O) groups excluding carboxylic acids is 1. The van der Waals surface area contributed by atoms with Crippen LogP contribution in [-0.4, -0.2) is 34.9 Å². The molecular formula is C36H58O5. The molecule has 5 saturated carbocycles. The van der Waals surface area contributed by atoms with Crippen molar-refractivity contribution in [1.82, 2.24) is 0 Å². The van der Waals surface area contributed by atoms with Gasteiger partial charge in [0.2, 0.25) is 0 Å². The van der Waals surface area contributed by atoms with Gasteiger partial charge in [0.15, 0.2) is 0 Å². The van der Waals surface area contributed by atoms with Gasteiger partial charge in [0.1, 0.15) is 6.10 Å². The average Bonchev–Trinajstić information content (AvgIpc) is 3.26. The van der Waals surface area contributed by atoms with Crippen molar-refractivity contribution in [3.05, 3.63) is 12.2 Å². The SMILES string of the molecule is C=C(C)C1CC[C@]2(CO)CC[C@]3(C)C(CCC4[C@@]5(C)CC[C@H](OC(=O)CC(C)(C)C(=O)O)C(C)(C)C5CC[C@]43C)C12. The van der Waals surface area contributed by atoms with E-state index in [9.17, 15) is 19.8 Å². The van der Waals surface area contributed by atoms with Crippen LogP contribution in [0.15, 0.2) is 12.2 Å². The maximum atomic E-state index is 12.9. The fourth-order valence-corrected chi connectivity index (χ4v) is 12.4. The van der Waals surface area contributed by atoms with E-state index in [-0.39, 0.29) is 45.6 Å². The summed E-state index contributed by atoms with van der Waals surface area (Å²) in [4.78, 5) is 24.6. The molecule has 0 aromatic carbocycles. The van der Waals surface area contributed by atoms with Crippen LogP contribution >= 0.6 is 0 Å². The molecule has 0 aliphatic heterocycles. The summed E-state index contributed by atoms with van der Waals surface area (Å²) in [5.74, 6) is 1.46. The van der Waals surface area contributed by atoms with Crippen LogP contribution in [0.5, 0.6) is 0 Å². The Labute approximate surface area is 249 Å². The predicted octanol–water partition coefficient (Wildman–Crippen LogP) is 8.05. The zero-order chi connectivity index (χ0) is 30.4. The van der Waals surface area contributed by atoms with E-state index in [1.165, 1.54) is 37.7 Å². The van der Waals surface area contributed by atoms with E-state index in [1.54, 1.807) is 13.8 Å². The van der Waals surface area contributed by atoms with Crippen LogP contribution in [-0.2, 0) is 14.3 Å². The Morgan fingerprint density at radius 2 is 1.56 bits per heavy atom. The summed E-state index contributed by atoms with van der Waals surface area (Å²) < 4.78 is 6.12. The zero-order valence-electron chi connectivity index (χ0n) is 27.3. The molecule has 41 heavy (non-hydrogen) atoms. The van der Waals surface area contributed by atoms with E-state index in [0.29, 0.717) is 36.2 Å².